The monoisotopic (exact) mass is 491 g/mol. The molecule has 1 saturated heterocycles. The predicted molar refractivity (Wildman–Crippen MR) is 105 cm³/mol. The van der Waals surface area contributed by atoms with Gasteiger partial charge in [-0.1, -0.05) is 13.0 Å². The van der Waals surface area contributed by atoms with Crippen LogP contribution in [-0.4, -0.2) is 41.8 Å². The molecular weight excluding hydrogens is 472 g/mol. The average molecular weight is 491 g/mol. The molecule has 2 heterocycles. The Balaban J connectivity index is 2.09. The fourth-order valence-corrected chi connectivity index (χ4v) is 3.95. The van der Waals surface area contributed by atoms with E-state index in [1.807, 2.05) is 0 Å². The molecule has 3 rings (SSSR count). The first-order valence-electron chi connectivity index (χ1n) is 9.76. The molecule has 0 aliphatic carbocycles. The highest BCUT2D eigenvalue weighted by Gasteiger charge is 2.65. The van der Waals surface area contributed by atoms with Crippen LogP contribution in [0.5, 0.6) is 5.75 Å². The second kappa shape index (κ2) is 8.78. The number of halogens is 6. The number of nitrogens with two attached hydrogens (primary N) is 1. The first kappa shape index (κ1) is 25.3. The van der Waals surface area contributed by atoms with Crippen molar-refractivity contribution in [3.63, 3.8) is 0 Å². The van der Waals surface area contributed by atoms with Crippen LogP contribution in [0.4, 0.5) is 32.0 Å². The van der Waals surface area contributed by atoms with Crippen LogP contribution in [0, 0.1) is 23.5 Å². The van der Waals surface area contributed by atoms with Crippen molar-refractivity contribution in [1.82, 2.24) is 4.98 Å². The van der Waals surface area contributed by atoms with Crippen molar-refractivity contribution in [2.75, 3.05) is 12.4 Å². The highest BCUT2D eigenvalue weighted by molar-refractivity contribution is 5.97. The number of carbonyl (C=O) groups excluding carboxylic acids is 2. The zero-order valence-electron chi connectivity index (χ0n) is 18.0. The van der Waals surface area contributed by atoms with E-state index in [9.17, 15) is 35.9 Å². The van der Waals surface area contributed by atoms with Gasteiger partial charge in [0.1, 0.15) is 11.8 Å². The van der Waals surface area contributed by atoms with Gasteiger partial charge in [-0.2, -0.15) is 22.0 Å². The molecule has 34 heavy (non-hydrogen) atoms. The van der Waals surface area contributed by atoms with Crippen LogP contribution in [0.2, 0.25) is 0 Å². The van der Waals surface area contributed by atoms with E-state index in [-0.39, 0.29) is 11.3 Å². The molecule has 1 aromatic carbocycles. The lowest BCUT2D eigenvalue weighted by Gasteiger charge is -2.32. The van der Waals surface area contributed by atoms with Crippen molar-refractivity contribution in [2.24, 2.45) is 11.7 Å². The summed E-state index contributed by atoms with van der Waals surface area (Å²) in [6.07, 6.45) is -6.85. The van der Waals surface area contributed by atoms with Crippen molar-refractivity contribution in [3.8, 4) is 5.75 Å². The average Bonchev–Trinajstić information content (AvgIpc) is 3.01. The van der Waals surface area contributed by atoms with E-state index < -0.39 is 70.6 Å². The van der Waals surface area contributed by atoms with Gasteiger partial charge in [-0.3, -0.25) is 9.59 Å². The first-order valence-corrected chi connectivity index (χ1v) is 9.76. The van der Waals surface area contributed by atoms with Gasteiger partial charge in [0.15, 0.2) is 17.2 Å². The van der Waals surface area contributed by atoms with E-state index in [4.69, 9.17) is 15.2 Å². The number of alkyl halides is 3. The Bertz CT molecular complexity index is 1140. The zero-order valence-corrected chi connectivity index (χ0v) is 18.0. The summed E-state index contributed by atoms with van der Waals surface area (Å²) < 4.78 is 93.7. The Morgan fingerprint density at radius 1 is 1.21 bits per heavy atom. The number of ether oxygens (including phenoxy) is 2. The molecule has 1 fully saturated rings. The smallest absolute Gasteiger partial charge is 0.417 e. The van der Waals surface area contributed by atoms with Gasteiger partial charge in [0.2, 0.25) is 11.8 Å². The topological polar surface area (TPSA) is 104 Å². The SMILES string of the molecule is COc1c([C@H]2[C@@H](C(=O)Nc3cc(F)nc(C(N)=O)c3)O[C@@](C)(C(F)(F)F)[C@H]2C)ccc(F)c1F. The summed E-state index contributed by atoms with van der Waals surface area (Å²) >= 11 is 0. The quantitative estimate of drug-likeness (QED) is 0.491. The minimum atomic E-state index is -4.95. The molecule has 0 radical (unpaired) electrons. The maximum atomic E-state index is 14.4. The second-order valence-electron chi connectivity index (χ2n) is 7.86. The molecule has 184 valence electrons. The number of rotatable bonds is 5. The van der Waals surface area contributed by atoms with E-state index in [0.717, 1.165) is 33.1 Å². The summed E-state index contributed by atoms with van der Waals surface area (Å²) in [7, 11) is 0.991. The van der Waals surface area contributed by atoms with Crippen LogP contribution in [0.3, 0.4) is 0 Å². The molecule has 0 bridgehead atoms. The van der Waals surface area contributed by atoms with Crippen molar-refractivity contribution in [1.29, 1.82) is 0 Å². The van der Waals surface area contributed by atoms with Crippen molar-refractivity contribution in [2.45, 2.75) is 37.6 Å². The molecule has 0 saturated carbocycles. The number of carbonyl (C=O) groups is 2. The van der Waals surface area contributed by atoms with E-state index >= 15 is 0 Å². The molecule has 0 spiro atoms. The van der Waals surface area contributed by atoms with E-state index in [2.05, 4.69) is 10.3 Å². The van der Waals surface area contributed by atoms with Crippen molar-refractivity contribution < 1.29 is 45.4 Å². The van der Waals surface area contributed by atoms with Crippen LogP contribution >= 0.6 is 0 Å². The van der Waals surface area contributed by atoms with Gasteiger partial charge in [0.05, 0.1) is 7.11 Å². The first-order chi connectivity index (χ1) is 15.7. The zero-order chi connectivity index (χ0) is 25.6. The Labute approximate surface area is 189 Å². The summed E-state index contributed by atoms with van der Waals surface area (Å²) in [6.45, 7) is 1.87. The van der Waals surface area contributed by atoms with Gasteiger partial charge in [-0.15, -0.1) is 0 Å². The molecule has 0 unspecified atom stereocenters. The Morgan fingerprint density at radius 3 is 2.41 bits per heavy atom. The highest BCUT2D eigenvalue weighted by atomic mass is 19.4. The third-order valence-electron chi connectivity index (χ3n) is 5.88. The largest absolute Gasteiger partial charge is 0.493 e. The number of benzene rings is 1. The van der Waals surface area contributed by atoms with Crippen molar-refractivity contribution in [3.05, 3.63) is 53.1 Å². The summed E-state index contributed by atoms with van der Waals surface area (Å²) in [5, 5.41) is 2.17. The van der Waals surface area contributed by atoms with Crippen molar-refractivity contribution >= 4 is 17.5 Å². The minimum absolute atomic E-state index is 0.235. The fraction of sp³-hybridized carbons (Fsp3) is 0.381. The summed E-state index contributed by atoms with van der Waals surface area (Å²) in [5.74, 6) is -9.85. The Kier molecular flexibility index (Phi) is 6.53. The van der Waals surface area contributed by atoms with Crippen LogP contribution < -0.4 is 15.8 Å². The molecule has 4 atom stereocenters. The molecule has 3 N–H and O–H groups in total. The van der Waals surface area contributed by atoms with Gasteiger partial charge in [-0.05, 0) is 19.1 Å². The number of hydrogen-bond donors (Lipinski definition) is 2. The number of nitrogens with one attached hydrogen (secondary N) is 1. The lowest BCUT2D eigenvalue weighted by Crippen LogP contribution is -2.47. The molecule has 2 aromatic rings. The van der Waals surface area contributed by atoms with E-state index in [1.54, 1.807) is 0 Å². The van der Waals surface area contributed by atoms with Gasteiger partial charge in [0, 0.05) is 29.2 Å². The van der Waals surface area contributed by atoms with E-state index in [0.29, 0.717) is 12.1 Å². The second-order valence-corrected chi connectivity index (χ2v) is 7.86. The number of pyridine rings is 1. The lowest BCUT2D eigenvalue weighted by molar-refractivity contribution is -0.272. The number of primary amides is 1. The fourth-order valence-electron chi connectivity index (χ4n) is 3.95. The molecule has 1 aliphatic rings. The Morgan fingerprint density at radius 2 is 1.85 bits per heavy atom. The molecule has 1 aliphatic heterocycles. The molecule has 1 aromatic heterocycles. The van der Waals surface area contributed by atoms with Gasteiger partial charge in [-0.25, -0.2) is 9.37 Å². The molecule has 13 heteroatoms. The number of methoxy groups -OCH3 is 1. The maximum Gasteiger partial charge on any atom is 0.417 e. The van der Waals surface area contributed by atoms with Gasteiger partial charge >= 0.3 is 6.18 Å². The number of aromatic nitrogens is 1. The molecule has 2 amide bonds. The number of amides is 2. The maximum absolute atomic E-state index is 14.4. The van der Waals surface area contributed by atoms with Gasteiger partial charge < -0.3 is 20.5 Å². The van der Waals surface area contributed by atoms with Gasteiger partial charge in [0.25, 0.3) is 11.8 Å². The third-order valence-corrected chi connectivity index (χ3v) is 5.88. The summed E-state index contributed by atoms with van der Waals surface area (Å²) in [6, 6.07) is 3.31. The number of hydrogen-bond acceptors (Lipinski definition) is 5. The summed E-state index contributed by atoms with van der Waals surface area (Å²) in [4.78, 5) is 27.6. The van der Waals surface area contributed by atoms with Crippen LogP contribution in [0.25, 0.3) is 0 Å². The van der Waals surface area contributed by atoms with Crippen LogP contribution in [-0.2, 0) is 9.53 Å². The predicted octanol–water partition coefficient (Wildman–Crippen LogP) is 3.68. The molecule has 7 nitrogen and oxygen atoms in total. The van der Waals surface area contributed by atoms with Crippen LogP contribution in [0.15, 0.2) is 24.3 Å². The Hall–Kier alpha value is -3.35. The minimum Gasteiger partial charge on any atom is -0.493 e. The highest BCUT2D eigenvalue weighted by Crippen LogP contribution is 2.55. The standard InChI is InChI=1S/C21H19F6N3O4/c1-8-14(10-4-5-11(22)15(24)16(10)33-3)17(34-20(8,2)21(25,26)27)19(32)29-9-6-12(18(28)31)30-13(23)7-9/h4-8,14,17H,1-3H3,(H2,28,31)(H,29,30,32)/t8-,14-,17-,20+/m0/s1. The summed E-state index contributed by atoms with van der Waals surface area (Å²) in [5.41, 5.74) is 1.07. The third kappa shape index (κ3) is 4.27. The van der Waals surface area contributed by atoms with E-state index in [1.165, 1.54) is 0 Å². The normalized spacial score (nSPS) is 24.7. The number of nitrogens with zero attached hydrogens (tertiary/aromatic N) is 1. The van der Waals surface area contributed by atoms with Crippen LogP contribution in [0.1, 0.15) is 35.8 Å². The lowest BCUT2D eigenvalue weighted by atomic mass is 9.77. The molecular formula is C21H19F6N3O4. The number of anilines is 1.